The van der Waals surface area contributed by atoms with Crippen molar-refractivity contribution in [2.75, 3.05) is 13.2 Å². The van der Waals surface area contributed by atoms with Gasteiger partial charge < -0.3 is 10.1 Å². The molecule has 0 radical (unpaired) electrons. The van der Waals surface area contributed by atoms with Crippen LogP contribution in [0.1, 0.15) is 21.5 Å². The first kappa shape index (κ1) is 15.0. The average molecular weight is 287 g/mol. The number of carbonyl (C=O) groups excluding carboxylic acids is 1. The molecule has 0 fully saturated rings. The summed E-state index contributed by atoms with van der Waals surface area (Å²) in [4.78, 5) is 12.0. The molecule has 1 amide bonds. The molecule has 0 bridgehead atoms. The summed E-state index contributed by atoms with van der Waals surface area (Å²) in [7, 11) is 0. The Morgan fingerprint density at radius 1 is 1.14 bits per heavy atom. The van der Waals surface area contributed by atoms with Crippen LogP contribution in [0.25, 0.3) is 0 Å². The maximum atomic E-state index is 13.3. The molecule has 0 aliphatic rings. The van der Waals surface area contributed by atoms with Gasteiger partial charge in [-0.2, -0.15) is 0 Å². The molecular weight excluding hydrogens is 269 g/mol. The van der Waals surface area contributed by atoms with Crippen LogP contribution in [0.3, 0.4) is 0 Å². The summed E-state index contributed by atoms with van der Waals surface area (Å²) in [5.74, 6) is -0.366. The predicted octanol–water partition coefficient (Wildman–Crippen LogP) is 3.25. The lowest BCUT2D eigenvalue weighted by atomic mass is 10.1. The summed E-state index contributed by atoms with van der Waals surface area (Å²) in [6, 6.07) is 11.9. The molecule has 0 heterocycles. The highest BCUT2D eigenvalue weighted by molar-refractivity contribution is 5.94. The normalized spacial score (nSPS) is 10.2. The van der Waals surface area contributed by atoms with Crippen LogP contribution in [0.15, 0.2) is 42.5 Å². The smallest absolute Gasteiger partial charge is 0.251 e. The molecule has 21 heavy (non-hydrogen) atoms. The van der Waals surface area contributed by atoms with E-state index in [1.165, 1.54) is 6.07 Å². The Balaban J connectivity index is 1.83. The van der Waals surface area contributed by atoms with Gasteiger partial charge in [0, 0.05) is 5.56 Å². The number of ether oxygens (including phenoxy) is 1. The predicted molar refractivity (Wildman–Crippen MR) is 80.1 cm³/mol. The summed E-state index contributed by atoms with van der Waals surface area (Å²) in [6.07, 6.45) is 0. The quantitative estimate of drug-likeness (QED) is 0.857. The number of carbonyl (C=O) groups is 1. The molecule has 2 aromatic carbocycles. The van der Waals surface area contributed by atoms with Gasteiger partial charge in [0.15, 0.2) is 11.6 Å². The number of halogens is 1. The van der Waals surface area contributed by atoms with Gasteiger partial charge in [0.2, 0.25) is 0 Å². The van der Waals surface area contributed by atoms with Crippen LogP contribution in [-0.4, -0.2) is 19.1 Å². The van der Waals surface area contributed by atoms with E-state index in [0.717, 1.165) is 11.1 Å². The Labute approximate surface area is 123 Å². The molecule has 2 aromatic rings. The van der Waals surface area contributed by atoms with Crippen molar-refractivity contribution in [1.82, 2.24) is 5.32 Å². The van der Waals surface area contributed by atoms with Crippen LogP contribution in [0.2, 0.25) is 0 Å². The highest BCUT2D eigenvalue weighted by Gasteiger charge is 2.06. The maximum absolute atomic E-state index is 13.3. The van der Waals surface area contributed by atoms with Crippen molar-refractivity contribution in [3.63, 3.8) is 0 Å². The second-order valence-corrected chi connectivity index (χ2v) is 4.91. The number of benzene rings is 2. The second kappa shape index (κ2) is 6.88. The lowest BCUT2D eigenvalue weighted by Gasteiger charge is -2.09. The molecule has 4 heteroatoms. The van der Waals surface area contributed by atoms with Gasteiger partial charge in [0.1, 0.15) is 6.61 Å². The fourth-order valence-electron chi connectivity index (χ4n) is 2.10. The van der Waals surface area contributed by atoms with Crippen LogP contribution >= 0.6 is 0 Å². The van der Waals surface area contributed by atoms with E-state index in [1.807, 2.05) is 32.0 Å². The number of aryl methyl sites for hydroxylation is 2. The summed E-state index contributed by atoms with van der Waals surface area (Å²) in [6.45, 7) is 4.44. The highest BCUT2D eigenvalue weighted by Crippen LogP contribution is 2.14. The van der Waals surface area contributed by atoms with Crippen molar-refractivity contribution in [3.8, 4) is 5.75 Å². The number of hydrogen-bond acceptors (Lipinski definition) is 2. The Morgan fingerprint density at radius 2 is 1.81 bits per heavy atom. The molecule has 0 aliphatic heterocycles. The number of hydrogen-bond donors (Lipinski definition) is 1. The van der Waals surface area contributed by atoms with Gasteiger partial charge in [-0.1, -0.05) is 29.3 Å². The van der Waals surface area contributed by atoms with E-state index in [2.05, 4.69) is 5.32 Å². The summed E-state index contributed by atoms with van der Waals surface area (Å²) >= 11 is 0. The molecule has 3 nitrogen and oxygen atoms in total. The molecular formula is C17H18FNO2. The monoisotopic (exact) mass is 287 g/mol. The van der Waals surface area contributed by atoms with Gasteiger partial charge in [-0.25, -0.2) is 4.39 Å². The Morgan fingerprint density at radius 3 is 2.48 bits per heavy atom. The van der Waals surface area contributed by atoms with Crippen molar-refractivity contribution in [1.29, 1.82) is 0 Å². The fourth-order valence-corrected chi connectivity index (χ4v) is 2.10. The van der Waals surface area contributed by atoms with Crippen molar-refractivity contribution in [2.45, 2.75) is 13.8 Å². The lowest BCUT2D eigenvalue weighted by Crippen LogP contribution is -2.28. The second-order valence-electron chi connectivity index (χ2n) is 4.91. The zero-order valence-corrected chi connectivity index (χ0v) is 12.2. The maximum Gasteiger partial charge on any atom is 0.251 e. The minimum Gasteiger partial charge on any atom is -0.489 e. The van der Waals surface area contributed by atoms with Crippen LogP contribution in [0.4, 0.5) is 4.39 Å². The number of amides is 1. The van der Waals surface area contributed by atoms with Gasteiger partial charge in [0.25, 0.3) is 5.91 Å². The van der Waals surface area contributed by atoms with E-state index in [-0.39, 0.29) is 18.3 Å². The SMILES string of the molecule is Cc1cc(C)cc(C(=O)NCCOc2ccccc2F)c1. The molecule has 110 valence electrons. The molecule has 0 saturated carbocycles. The third-order valence-electron chi connectivity index (χ3n) is 2.97. The van der Waals surface area contributed by atoms with Crippen LogP contribution in [0, 0.1) is 19.7 Å². The number of rotatable bonds is 5. The first-order valence-electron chi connectivity index (χ1n) is 6.80. The van der Waals surface area contributed by atoms with Gasteiger partial charge in [0.05, 0.1) is 6.54 Å². The van der Waals surface area contributed by atoms with Gasteiger partial charge >= 0.3 is 0 Å². The summed E-state index contributed by atoms with van der Waals surface area (Å²) < 4.78 is 18.6. The fraction of sp³-hybridized carbons (Fsp3) is 0.235. The van der Waals surface area contributed by atoms with Gasteiger partial charge in [-0.05, 0) is 38.1 Å². The summed E-state index contributed by atoms with van der Waals surface area (Å²) in [5, 5.41) is 2.76. The Kier molecular flexibility index (Phi) is 4.93. The van der Waals surface area contributed by atoms with Crippen molar-refractivity contribution in [3.05, 3.63) is 65.0 Å². The van der Waals surface area contributed by atoms with E-state index in [1.54, 1.807) is 18.2 Å². The van der Waals surface area contributed by atoms with Crippen LogP contribution in [0.5, 0.6) is 5.75 Å². The van der Waals surface area contributed by atoms with Crippen molar-refractivity contribution in [2.24, 2.45) is 0 Å². The molecule has 1 N–H and O–H groups in total. The molecule has 0 unspecified atom stereocenters. The van der Waals surface area contributed by atoms with Crippen LogP contribution < -0.4 is 10.1 Å². The Bertz CT molecular complexity index is 620. The molecule has 0 aliphatic carbocycles. The minimum absolute atomic E-state index is 0.154. The molecule has 0 spiro atoms. The van der Waals surface area contributed by atoms with Gasteiger partial charge in [-0.15, -0.1) is 0 Å². The van der Waals surface area contributed by atoms with E-state index in [0.29, 0.717) is 12.1 Å². The highest BCUT2D eigenvalue weighted by atomic mass is 19.1. The lowest BCUT2D eigenvalue weighted by molar-refractivity contribution is 0.0946. The first-order valence-corrected chi connectivity index (χ1v) is 6.80. The zero-order valence-electron chi connectivity index (χ0n) is 12.2. The van der Waals surface area contributed by atoms with Crippen molar-refractivity contribution >= 4 is 5.91 Å². The largest absolute Gasteiger partial charge is 0.489 e. The van der Waals surface area contributed by atoms with Crippen LogP contribution in [-0.2, 0) is 0 Å². The van der Waals surface area contributed by atoms with E-state index < -0.39 is 5.82 Å². The third kappa shape index (κ3) is 4.31. The van der Waals surface area contributed by atoms with E-state index >= 15 is 0 Å². The molecule has 0 aromatic heterocycles. The first-order chi connectivity index (χ1) is 10.1. The molecule has 0 atom stereocenters. The Hall–Kier alpha value is -2.36. The summed E-state index contributed by atoms with van der Waals surface area (Å²) in [5.41, 5.74) is 2.71. The molecule has 2 rings (SSSR count). The van der Waals surface area contributed by atoms with Gasteiger partial charge in [-0.3, -0.25) is 4.79 Å². The van der Waals surface area contributed by atoms with E-state index in [9.17, 15) is 9.18 Å². The number of para-hydroxylation sites is 1. The zero-order chi connectivity index (χ0) is 15.2. The molecule has 0 saturated heterocycles. The van der Waals surface area contributed by atoms with Crippen molar-refractivity contribution < 1.29 is 13.9 Å². The van der Waals surface area contributed by atoms with E-state index in [4.69, 9.17) is 4.74 Å². The average Bonchev–Trinajstić information content (AvgIpc) is 2.44. The topological polar surface area (TPSA) is 38.3 Å². The standard InChI is InChI=1S/C17H18FNO2/c1-12-9-13(2)11-14(10-12)17(20)19-7-8-21-16-6-4-3-5-15(16)18/h3-6,9-11H,7-8H2,1-2H3,(H,19,20). The third-order valence-corrected chi connectivity index (χ3v) is 2.97. The minimum atomic E-state index is -0.405. The number of nitrogens with one attached hydrogen (secondary N) is 1.